The lowest BCUT2D eigenvalue weighted by atomic mass is 10.0. The highest BCUT2D eigenvalue weighted by atomic mass is 16.3. The Balaban J connectivity index is 1.28. The number of rotatable bonds is 8. The van der Waals surface area contributed by atoms with Crippen LogP contribution in [0.15, 0.2) is 65.9 Å². The maximum Gasteiger partial charge on any atom is 0.165 e. The predicted molar refractivity (Wildman–Crippen MR) is 120 cm³/mol. The van der Waals surface area contributed by atoms with Crippen LogP contribution in [0.1, 0.15) is 42.3 Å². The minimum absolute atomic E-state index is 0.525. The van der Waals surface area contributed by atoms with Gasteiger partial charge in [-0.2, -0.15) is 0 Å². The molecular formula is C23H24N8O. The molecule has 0 unspecified atom stereocenters. The van der Waals surface area contributed by atoms with E-state index in [1.807, 2.05) is 27.6 Å². The Morgan fingerprint density at radius 3 is 2.69 bits per heavy atom. The lowest BCUT2D eigenvalue weighted by molar-refractivity contribution is 0.518. The third-order valence-corrected chi connectivity index (χ3v) is 5.32. The summed E-state index contributed by atoms with van der Waals surface area (Å²) in [5.74, 6) is 2.02. The Morgan fingerprint density at radius 1 is 1.03 bits per heavy atom. The molecule has 0 saturated heterocycles. The van der Waals surface area contributed by atoms with Crippen LogP contribution in [0, 0.1) is 0 Å². The Bertz CT molecular complexity index is 1300. The summed E-state index contributed by atoms with van der Waals surface area (Å²) >= 11 is 0. The van der Waals surface area contributed by atoms with Gasteiger partial charge in [0.1, 0.15) is 23.3 Å². The highest BCUT2D eigenvalue weighted by Gasteiger charge is 2.12. The number of nitrogens with one attached hydrogen (secondary N) is 1. The van der Waals surface area contributed by atoms with Crippen LogP contribution in [0.25, 0.3) is 11.2 Å². The number of anilines is 1. The van der Waals surface area contributed by atoms with Gasteiger partial charge < -0.3 is 14.3 Å². The van der Waals surface area contributed by atoms with Crippen LogP contribution < -0.4 is 5.32 Å². The van der Waals surface area contributed by atoms with Gasteiger partial charge in [0.25, 0.3) is 0 Å². The Morgan fingerprint density at radius 2 is 1.91 bits per heavy atom. The average molecular weight is 429 g/mol. The molecule has 9 heteroatoms. The molecule has 9 nitrogen and oxygen atoms in total. The van der Waals surface area contributed by atoms with E-state index in [-0.39, 0.29) is 0 Å². The first kappa shape index (κ1) is 19.9. The molecule has 0 spiro atoms. The minimum Gasteiger partial charge on any atom is -0.467 e. The zero-order valence-corrected chi connectivity index (χ0v) is 18.0. The third kappa shape index (κ3) is 4.22. The molecule has 32 heavy (non-hydrogen) atoms. The van der Waals surface area contributed by atoms with Crippen molar-refractivity contribution in [2.75, 3.05) is 5.32 Å². The Hall–Kier alpha value is -4.01. The van der Waals surface area contributed by atoms with Gasteiger partial charge in [0.15, 0.2) is 11.5 Å². The molecule has 0 aliphatic carbocycles. The summed E-state index contributed by atoms with van der Waals surface area (Å²) in [4.78, 5) is 13.2. The maximum atomic E-state index is 5.36. The van der Waals surface area contributed by atoms with Crippen LogP contribution in [-0.4, -0.2) is 34.5 Å². The molecular weight excluding hydrogens is 404 g/mol. The normalized spacial score (nSPS) is 11.5. The summed E-state index contributed by atoms with van der Waals surface area (Å²) in [6.45, 7) is 6.12. The summed E-state index contributed by atoms with van der Waals surface area (Å²) < 4.78 is 9.16. The van der Waals surface area contributed by atoms with Crippen molar-refractivity contribution in [1.82, 2.24) is 34.5 Å². The van der Waals surface area contributed by atoms with E-state index in [0.717, 1.165) is 17.1 Å². The van der Waals surface area contributed by atoms with Crippen LogP contribution in [0.5, 0.6) is 0 Å². The van der Waals surface area contributed by atoms with Gasteiger partial charge in [0.05, 0.1) is 38.4 Å². The standard InChI is InChI=1S/C23H24N8O/c1-16(2)18-7-5-17(6-8-18)11-31-13-19(28-29-31)12-30-15-27-21-22(25-14-26-23(21)30)24-10-20-4-3-9-32-20/h3-9,13-16H,10-12H2,1-2H3,(H,24,25,26). The molecule has 5 rings (SSSR count). The summed E-state index contributed by atoms with van der Waals surface area (Å²) in [6, 6.07) is 12.4. The zero-order chi connectivity index (χ0) is 21.9. The Labute approximate surface area is 185 Å². The molecule has 1 N–H and O–H groups in total. The highest BCUT2D eigenvalue weighted by Crippen LogP contribution is 2.19. The molecule has 4 heterocycles. The second-order valence-electron chi connectivity index (χ2n) is 8.00. The fourth-order valence-electron chi connectivity index (χ4n) is 3.57. The minimum atomic E-state index is 0.525. The van der Waals surface area contributed by atoms with Crippen LogP contribution in [0.3, 0.4) is 0 Å². The second-order valence-corrected chi connectivity index (χ2v) is 8.00. The number of nitrogens with zero attached hydrogens (tertiary/aromatic N) is 7. The number of aromatic nitrogens is 7. The molecule has 0 amide bonds. The van der Waals surface area contributed by atoms with Crippen molar-refractivity contribution in [3.05, 3.63) is 84.1 Å². The molecule has 0 fully saturated rings. The van der Waals surface area contributed by atoms with E-state index in [1.165, 1.54) is 17.5 Å². The molecule has 4 aromatic heterocycles. The number of furan rings is 1. The van der Waals surface area contributed by atoms with E-state index in [2.05, 4.69) is 68.7 Å². The number of fused-ring (bicyclic) bond motifs is 1. The fraction of sp³-hybridized carbons (Fsp3) is 0.261. The lowest BCUT2D eigenvalue weighted by Gasteiger charge is -2.06. The van der Waals surface area contributed by atoms with Gasteiger partial charge in [-0.15, -0.1) is 5.10 Å². The van der Waals surface area contributed by atoms with Crippen molar-refractivity contribution in [1.29, 1.82) is 0 Å². The van der Waals surface area contributed by atoms with Crippen molar-refractivity contribution in [2.24, 2.45) is 0 Å². The molecule has 0 radical (unpaired) electrons. The molecule has 0 atom stereocenters. The Kier molecular flexibility index (Phi) is 5.37. The first-order valence-corrected chi connectivity index (χ1v) is 10.6. The fourth-order valence-corrected chi connectivity index (χ4v) is 3.57. The van der Waals surface area contributed by atoms with Gasteiger partial charge in [-0.25, -0.2) is 19.6 Å². The SMILES string of the molecule is CC(C)c1ccc(Cn2cc(Cn3cnc4c(NCc5ccco5)ncnc43)nn2)cc1. The molecule has 162 valence electrons. The average Bonchev–Trinajstić information content (AvgIpc) is 3.55. The molecule has 0 bridgehead atoms. The number of benzene rings is 1. The van der Waals surface area contributed by atoms with Crippen molar-refractivity contribution >= 4 is 17.0 Å². The summed E-state index contributed by atoms with van der Waals surface area (Å²) in [6.07, 6.45) is 6.89. The number of hydrogen-bond donors (Lipinski definition) is 1. The van der Waals surface area contributed by atoms with Crippen LogP contribution in [0.4, 0.5) is 5.82 Å². The quantitative estimate of drug-likeness (QED) is 0.401. The van der Waals surface area contributed by atoms with Gasteiger partial charge in [0.2, 0.25) is 0 Å². The molecule has 1 aromatic carbocycles. The van der Waals surface area contributed by atoms with Gasteiger partial charge in [-0.1, -0.05) is 43.3 Å². The van der Waals surface area contributed by atoms with E-state index in [4.69, 9.17) is 4.42 Å². The largest absolute Gasteiger partial charge is 0.467 e. The summed E-state index contributed by atoms with van der Waals surface area (Å²) in [5, 5.41) is 11.9. The van der Waals surface area contributed by atoms with Gasteiger partial charge in [-0.05, 0) is 29.2 Å². The molecule has 5 aromatic rings. The van der Waals surface area contributed by atoms with Crippen molar-refractivity contribution in [3.63, 3.8) is 0 Å². The van der Waals surface area contributed by atoms with Gasteiger partial charge >= 0.3 is 0 Å². The highest BCUT2D eigenvalue weighted by molar-refractivity contribution is 5.82. The summed E-state index contributed by atoms with van der Waals surface area (Å²) in [5.41, 5.74) is 4.81. The third-order valence-electron chi connectivity index (χ3n) is 5.32. The maximum absolute atomic E-state index is 5.36. The zero-order valence-electron chi connectivity index (χ0n) is 18.0. The van der Waals surface area contributed by atoms with E-state index in [9.17, 15) is 0 Å². The van der Waals surface area contributed by atoms with Crippen molar-refractivity contribution in [2.45, 2.75) is 39.4 Å². The smallest absolute Gasteiger partial charge is 0.165 e. The monoisotopic (exact) mass is 428 g/mol. The van der Waals surface area contributed by atoms with E-state index in [0.29, 0.717) is 36.9 Å². The van der Waals surface area contributed by atoms with Crippen molar-refractivity contribution in [3.8, 4) is 0 Å². The van der Waals surface area contributed by atoms with Gasteiger partial charge in [-0.3, -0.25) is 0 Å². The molecule has 0 aliphatic rings. The lowest BCUT2D eigenvalue weighted by Crippen LogP contribution is -2.03. The number of imidazole rings is 1. The summed E-state index contributed by atoms with van der Waals surface area (Å²) in [7, 11) is 0. The second kappa shape index (κ2) is 8.62. The topological polar surface area (TPSA) is 99.5 Å². The van der Waals surface area contributed by atoms with Gasteiger partial charge in [0, 0.05) is 0 Å². The molecule has 0 aliphatic heterocycles. The van der Waals surface area contributed by atoms with Crippen LogP contribution >= 0.6 is 0 Å². The first-order valence-electron chi connectivity index (χ1n) is 10.6. The van der Waals surface area contributed by atoms with E-state index < -0.39 is 0 Å². The predicted octanol–water partition coefficient (Wildman–Crippen LogP) is 3.84. The first-order chi connectivity index (χ1) is 15.7. The van der Waals surface area contributed by atoms with E-state index in [1.54, 1.807) is 12.6 Å². The van der Waals surface area contributed by atoms with Crippen molar-refractivity contribution < 1.29 is 4.42 Å². The van der Waals surface area contributed by atoms with E-state index >= 15 is 0 Å². The van der Waals surface area contributed by atoms with Crippen LogP contribution in [0.2, 0.25) is 0 Å². The van der Waals surface area contributed by atoms with Crippen LogP contribution in [-0.2, 0) is 19.6 Å². The molecule has 0 saturated carbocycles. The number of hydrogen-bond acceptors (Lipinski definition) is 7.